The van der Waals surface area contributed by atoms with Gasteiger partial charge in [-0.05, 0) is 75.4 Å². The maximum Gasteiger partial charge on any atom is 0.268 e. The molecule has 1 amide bonds. The smallest absolute Gasteiger partial charge is 0.268 e. The molecule has 0 atom stereocenters. The monoisotopic (exact) mass is 429 g/mol. The van der Waals surface area contributed by atoms with Gasteiger partial charge in [0, 0.05) is 25.3 Å². The van der Waals surface area contributed by atoms with Gasteiger partial charge in [0.25, 0.3) is 5.91 Å². The minimum atomic E-state index is -0.250. The van der Waals surface area contributed by atoms with Crippen molar-refractivity contribution in [2.45, 2.75) is 50.6 Å². The lowest BCUT2D eigenvalue weighted by Gasteiger charge is -2.46. The minimum absolute atomic E-state index is 0.0121. The van der Waals surface area contributed by atoms with Gasteiger partial charge in [-0.1, -0.05) is 0 Å². The standard InChI is InChI=1S/C24H27N7O/c1-16-7-10-21(29-28-16)30-14-11-24(12-15-30)20-9-8-19(23(32)26-17-4-2-5-17)31(20)22-18(27-24)6-3-13-25-22/h3,6-10,13,17,27H,2,4-5,11-12,14-15H2,1H3,(H,26,32). The van der Waals surface area contributed by atoms with Crippen LogP contribution in [0.2, 0.25) is 0 Å². The molecule has 2 aliphatic heterocycles. The first-order valence-corrected chi connectivity index (χ1v) is 11.4. The highest BCUT2D eigenvalue weighted by atomic mass is 16.2. The fourth-order valence-electron chi connectivity index (χ4n) is 5.08. The van der Waals surface area contributed by atoms with Crippen molar-refractivity contribution in [3.05, 3.63) is 59.7 Å². The van der Waals surface area contributed by atoms with Crippen LogP contribution in [0.15, 0.2) is 42.6 Å². The number of nitrogens with zero attached hydrogens (tertiary/aromatic N) is 5. The van der Waals surface area contributed by atoms with Crippen molar-refractivity contribution < 1.29 is 4.79 Å². The van der Waals surface area contributed by atoms with E-state index in [1.807, 2.05) is 31.2 Å². The molecule has 1 spiro atoms. The van der Waals surface area contributed by atoms with Crippen LogP contribution < -0.4 is 15.5 Å². The molecular weight excluding hydrogens is 402 g/mol. The summed E-state index contributed by atoms with van der Waals surface area (Å²) < 4.78 is 2.07. The number of pyridine rings is 1. The molecule has 1 saturated heterocycles. The Kier molecular flexibility index (Phi) is 4.41. The Morgan fingerprint density at radius 3 is 2.69 bits per heavy atom. The van der Waals surface area contributed by atoms with Crippen molar-refractivity contribution in [2.24, 2.45) is 0 Å². The third kappa shape index (κ3) is 3.04. The van der Waals surface area contributed by atoms with Crippen LogP contribution in [0.3, 0.4) is 0 Å². The third-order valence-electron chi connectivity index (χ3n) is 7.14. The Morgan fingerprint density at radius 2 is 1.97 bits per heavy atom. The van der Waals surface area contributed by atoms with Crippen LogP contribution in [-0.2, 0) is 5.54 Å². The van der Waals surface area contributed by atoms with Crippen LogP contribution in [-0.4, -0.2) is 44.8 Å². The van der Waals surface area contributed by atoms with Crippen molar-refractivity contribution in [2.75, 3.05) is 23.3 Å². The van der Waals surface area contributed by atoms with Gasteiger partial charge >= 0.3 is 0 Å². The number of rotatable bonds is 3. The van der Waals surface area contributed by atoms with Crippen LogP contribution in [0.25, 0.3) is 5.82 Å². The van der Waals surface area contributed by atoms with Crippen molar-refractivity contribution >= 4 is 17.4 Å². The largest absolute Gasteiger partial charge is 0.371 e. The fraction of sp³-hybridized carbons (Fsp3) is 0.417. The zero-order valence-electron chi connectivity index (χ0n) is 18.2. The number of amides is 1. The number of aromatic nitrogens is 4. The Hall–Kier alpha value is -3.42. The molecule has 1 aliphatic carbocycles. The third-order valence-corrected chi connectivity index (χ3v) is 7.14. The van der Waals surface area contributed by atoms with E-state index in [0.29, 0.717) is 11.7 Å². The van der Waals surface area contributed by atoms with Crippen LogP contribution in [0.4, 0.5) is 11.5 Å². The van der Waals surface area contributed by atoms with E-state index in [1.54, 1.807) is 6.20 Å². The molecule has 164 valence electrons. The second kappa shape index (κ2) is 7.32. The van der Waals surface area contributed by atoms with E-state index in [-0.39, 0.29) is 11.4 Å². The first-order valence-electron chi connectivity index (χ1n) is 11.4. The Morgan fingerprint density at radius 1 is 1.12 bits per heavy atom. The van der Waals surface area contributed by atoms with E-state index in [2.05, 4.69) is 47.4 Å². The van der Waals surface area contributed by atoms with Crippen molar-refractivity contribution in [1.29, 1.82) is 0 Å². The van der Waals surface area contributed by atoms with E-state index >= 15 is 0 Å². The number of aryl methyl sites for hydroxylation is 1. The predicted octanol–water partition coefficient (Wildman–Crippen LogP) is 3.17. The number of hydrogen-bond donors (Lipinski definition) is 2. The van der Waals surface area contributed by atoms with E-state index in [4.69, 9.17) is 0 Å². The second-order valence-corrected chi connectivity index (χ2v) is 9.14. The zero-order chi connectivity index (χ0) is 21.7. The summed E-state index contributed by atoms with van der Waals surface area (Å²) in [6.07, 6.45) is 6.90. The van der Waals surface area contributed by atoms with Crippen LogP contribution in [0.5, 0.6) is 0 Å². The molecule has 32 heavy (non-hydrogen) atoms. The molecule has 3 aromatic rings. The van der Waals surface area contributed by atoms with E-state index < -0.39 is 0 Å². The molecule has 0 radical (unpaired) electrons. The van der Waals surface area contributed by atoms with Gasteiger partial charge in [0.05, 0.1) is 22.6 Å². The molecule has 1 saturated carbocycles. The summed E-state index contributed by atoms with van der Waals surface area (Å²) in [5.41, 5.74) is 3.42. The summed E-state index contributed by atoms with van der Waals surface area (Å²) in [5.74, 6) is 1.70. The first kappa shape index (κ1) is 19.3. The number of piperidine rings is 1. The van der Waals surface area contributed by atoms with Gasteiger partial charge in [-0.3, -0.25) is 9.36 Å². The maximum atomic E-state index is 13.1. The van der Waals surface area contributed by atoms with Crippen LogP contribution >= 0.6 is 0 Å². The van der Waals surface area contributed by atoms with Gasteiger partial charge < -0.3 is 15.5 Å². The molecule has 3 aromatic heterocycles. The van der Waals surface area contributed by atoms with Gasteiger partial charge in [-0.25, -0.2) is 4.98 Å². The fourth-order valence-corrected chi connectivity index (χ4v) is 5.08. The zero-order valence-corrected chi connectivity index (χ0v) is 18.2. The molecule has 0 unspecified atom stereocenters. The molecule has 8 heteroatoms. The van der Waals surface area contributed by atoms with E-state index in [1.165, 1.54) is 6.42 Å². The number of hydrogen-bond acceptors (Lipinski definition) is 6. The lowest BCUT2D eigenvalue weighted by molar-refractivity contribution is 0.0909. The highest BCUT2D eigenvalue weighted by Crippen LogP contribution is 2.44. The van der Waals surface area contributed by atoms with Crippen molar-refractivity contribution in [3.63, 3.8) is 0 Å². The lowest BCUT2D eigenvalue weighted by atomic mass is 9.82. The van der Waals surface area contributed by atoms with Gasteiger partial charge in [-0.15, -0.1) is 5.10 Å². The molecule has 0 aromatic carbocycles. The Bertz CT molecular complexity index is 1160. The van der Waals surface area contributed by atoms with Crippen LogP contribution in [0, 0.1) is 6.92 Å². The number of nitrogens with one attached hydrogen (secondary N) is 2. The average Bonchev–Trinajstić information content (AvgIpc) is 3.24. The normalized spacial score (nSPS) is 19.0. The predicted molar refractivity (Wildman–Crippen MR) is 122 cm³/mol. The maximum absolute atomic E-state index is 13.1. The number of anilines is 2. The van der Waals surface area contributed by atoms with Crippen LogP contribution in [0.1, 0.15) is 54.0 Å². The van der Waals surface area contributed by atoms with E-state index in [9.17, 15) is 4.79 Å². The summed E-state index contributed by atoms with van der Waals surface area (Å²) >= 11 is 0. The second-order valence-electron chi connectivity index (χ2n) is 9.14. The molecule has 2 N–H and O–H groups in total. The lowest BCUT2D eigenvalue weighted by Crippen LogP contribution is -2.50. The first-order chi connectivity index (χ1) is 15.6. The van der Waals surface area contributed by atoms with Gasteiger partial charge in [0.1, 0.15) is 5.69 Å². The SMILES string of the molecule is Cc1ccc(N2CCC3(CC2)Nc2cccnc2-n2c(C(=O)NC4CCC4)ccc23)nn1. The quantitative estimate of drug-likeness (QED) is 0.665. The van der Waals surface area contributed by atoms with Gasteiger partial charge in [-0.2, -0.15) is 5.10 Å². The van der Waals surface area contributed by atoms with Crippen molar-refractivity contribution in [3.8, 4) is 5.82 Å². The molecule has 8 nitrogen and oxygen atoms in total. The number of fused-ring (bicyclic) bond motifs is 4. The highest BCUT2D eigenvalue weighted by Gasteiger charge is 2.43. The van der Waals surface area contributed by atoms with Gasteiger partial charge in [0.15, 0.2) is 11.6 Å². The average molecular weight is 430 g/mol. The Balaban J connectivity index is 1.34. The molecule has 2 fully saturated rings. The number of carbonyl (C=O) groups excluding carboxylic acids is 1. The summed E-state index contributed by atoms with van der Waals surface area (Å²) in [5, 5.41) is 15.6. The summed E-state index contributed by atoms with van der Waals surface area (Å²) in [7, 11) is 0. The molecule has 0 bridgehead atoms. The van der Waals surface area contributed by atoms with Crippen molar-refractivity contribution in [1.82, 2.24) is 25.1 Å². The molecular formula is C24H27N7O. The molecule has 3 aliphatic rings. The van der Waals surface area contributed by atoms with E-state index in [0.717, 1.165) is 67.5 Å². The summed E-state index contributed by atoms with van der Waals surface area (Å²) in [6.45, 7) is 3.66. The molecule has 5 heterocycles. The minimum Gasteiger partial charge on any atom is -0.371 e. The Labute approximate surface area is 187 Å². The number of carbonyl (C=O) groups is 1. The molecule has 6 rings (SSSR count). The highest BCUT2D eigenvalue weighted by molar-refractivity contribution is 5.94. The van der Waals surface area contributed by atoms with Gasteiger partial charge in [0.2, 0.25) is 0 Å². The summed E-state index contributed by atoms with van der Waals surface area (Å²) in [6, 6.07) is 12.4. The summed E-state index contributed by atoms with van der Waals surface area (Å²) in [4.78, 5) is 20.0. The topological polar surface area (TPSA) is 88.0 Å².